The van der Waals surface area contributed by atoms with E-state index in [9.17, 15) is 4.79 Å². The van der Waals surface area contributed by atoms with Crippen LogP contribution in [0.3, 0.4) is 0 Å². The Hall–Kier alpha value is -3.90. The zero-order chi connectivity index (χ0) is 24.0. The van der Waals surface area contributed by atoms with Crippen molar-refractivity contribution in [3.8, 4) is 17.3 Å². The van der Waals surface area contributed by atoms with Crippen LogP contribution in [0.1, 0.15) is 11.8 Å². The number of ether oxygens (including phenoxy) is 1. The third-order valence-corrected chi connectivity index (χ3v) is 4.71. The molecule has 174 valence electrons. The maximum absolute atomic E-state index is 12.3. The molecule has 1 amide bonds. The number of amides is 1. The zero-order valence-corrected chi connectivity index (χ0v) is 18.0. The largest absolute Gasteiger partial charge is 0.495 e. The number of aliphatic carboxylic acids is 2. The number of carbonyl (C=O) groups excluding carboxylic acids is 1. The molecule has 0 saturated carbocycles. The topological polar surface area (TPSA) is 168 Å². The lowest BCUT2D eigenvalue weighted by Gasteiger charge is -2.36. The van der Waals surface area contributed by atoms with Crippen LogP contribution in [-0.2, 0) is 14.4 Å². The molecule has 1 fully saturated rings. The van der Waals surface area contributed by atoms with Crippen LogP contribution in [0.4, 0.5) is 5.69 Å². The molecule has 0 unspecified atom stereocenters. The summed E-state index contributed by atoms with van der Waals surface area (Å²) in [6.07, 6.45) is 1.56. The normalized spacial score (nSPS) is 13.4. The highest BCUT2D eigenvalue weighted by atomic mass is 35.5. The lowest BCUT2D eigenvalue weighted by Crippen LogP contribution is -2.48. The predicted octanol–water partition coefficient (Wildman–Crippen LogP) is 2.19. The van der Waals surface area contributed by atoms with Gasteiger partial charge < -0.3 is 29.2 Å². The van der Waals surface area contributed by atoms with E-state index >= 15 is 0 Å². The minimum atomic E-state index is -1.82. The monoisotopic (exact) mass is 478 g/mol. The molecular formula is C20H19ClN4O8. The molecule has 1 saturated heterocycles. The van der Waals surface area contributed by atoms with Crippen molar-refractivity contribution in [2.75, 3.05) is 32.1 Å². The molecule has 13 heteroatoms. The van der Waals surface area contributed by atoms with Crippen molar-refractivity contribution in [3.63, 3.8) is 0 Å². The third kappa shape index (κ3) is 6.30. The fourth-order valence-corrected chi connectivity index (χ4v) is 3.10. The van der Waals surface area contributed by atoms with Crippen LogP contribution in [-0.4, -0.2) is 69.8 Å². The summed E-state index contributed by atoms with van der Waals surface area (Å²) in [6, 6.07) is 8.62. The van der Waals surface area contributed by atoms with E-state index in [0.717, 1.165) is 0 Å². The zero-order valence-electron chi connectivity index (χ0n) is 17.2. The van der Waals surface area contributed by atoms with Crippen molar-refractivity contribution >= 4 is 35.1 Å². The van der Waals surface area contributed by atoms with Gasteiger partial charge in [0.1, 0.15) is 5.75 Å². The Balaban J connectivity index is 0.000000454. The molecule has 1 aliphatic heterocycles. The third-order valence-electron chi connectivity index (χ3n) is 4.48. The SMILES string of the molecule is COc1ccc(Cl)cc1NC(=O)CN1CC(c2nc(-c3ccco3)no2)C1.O=C(O)C(=O)O. The molecule has 1 aromatic carbocycles. The number of hydrogen-bond acceptors (Lipinski definition) is 9. The molecule has 12 nitrogen and oxygen atoms in total. The second-order valence-electron chi connectivity index (χ2n) is 6.83. The van der Waals surface area contributed by atoms with E-state index in [1.807, 2.05) is 4.90 Å². The Morgan fingerprint density at radius 2 is 1.97 bits per heavy atom. The van der Waals surface area contributed by atoms with Gasteiger partial charge >= 0.3 is 11.9 Å². The Morgan fingerprint density at radius 1 is 1.24 bits per heavy atom. The first kappa shape index (κ1) is 23.8. The van der Waals surface area contributed by atoms with E-state index < -0.39 is 11.9 Å². The number of hydrogen-bond donors (Lipinski definition) is 3. The number of likely N-dealkylation sites (tertiary alicyclic amines) is 1. The summed E-state index contributed by atoms with van der Waals surface area (Å²) in [5.41, 5.74) is 0.548. The Labute approximate surface area is 191 Å². The second kappa shape index (κ2) is 10.6. The van der Waals surface area contributed by atoms with Crippen molar-refractivity contribution < 1.29 is 38.3 Å². The van der Waals surface area contributed by atoms with E-state index in [-0.39, 0.29) is 18.4 Å². The molecule has 3 heterocycles. The van der Waals surface area contributed by atoms with Gasteiger partial charge in [-0.05, 0) is 30.3 Å². The summed E-state index contributed by atoms with van der Waals surface area (Å²) < 4.78 is 15.8. The number of methoxy groups -OCH3 is 1. The standard InChI is InChI=1S/C18H17ClN4O4.C2H2O4/c1-25-14-5-4-12(19)7-13(14)20-16(24)10-23-8-11(9-23)18-21-17(22-27-18)15-3-2-6-26-15;3-1(4)2(5)6/h2-7,11H,8-10H2,1H3,(H,20,24);(H,3,4)(H,5,6). The molecule has 1 aliphatic rings. The molecule has 0 aliphatic carbocycles. The fraction of sp³-hybridized carbons (Fsp3) is 0.250. The maximum atomic E-state index is 12.3. The first-order valence-corrected chi connectivity index (χ1v) is 9.84. The highest BCUT2D eigenvalue weighted by Gasteiger charge is 2.34. The number of halogens is 1. The number of nitrogens with zero attached hydrogens (tertiary/aromatic N) is 3. The van der Waals surface area contributed by atoms with Crippen molar-refractivity contribution in [1.82, 2.24) is 15.0 Å². The number of carbonyl (C=O) groups is 3. The van der Waals surface area contributed by atoms with Gasteiger partial charge in [-0.1, -0.05) is 16.8 Å². The van der Waals surface area contributed by atoms with E-state index in [1.165, 1.54) is 0 Å². The quantitative estimate of drug-likeness (QED) is 0.444. The van der Waals surface area contributed by atoms with Gasteiger partial charge in [0.2, 0.25) is 17.6 Å². The molecule has 2 aromatic heterocycles. The Morgan fingerprint density at radius 3 is 2.58 bits per heavy atom. The number of furan rings is 1. The van der Waals surface area contributed by atoms with E-state index in [4.69, 9.17) is 45.1 Å². The number of anilines is 1. The van der Waals surface area contributed by atoms with E-state index in [1.54, 1.807) is 43.7 Å². The van der Waals surface area contributed by atoms with E-state index in [2.05, 4.69) is 15.5 Å². The number of nitrogens with one attached hydrogen (secondary N) is 1. The number of carboxylic acids is 2. The number of carboxylic acid groups (broad SMARTS) is 2. The van der Waals surface area contributed by atoms with E-state index in [0.29, 0.717) is 47.0 Å². The molecule has 3 N–H and O–H groups in total. The van der Waals surface area contributed by atoms with Gasteiger partial charge in [0.05, 0.1) is 31.5 Å². The lowest BCUT2D eigenvalue weighted by atomic mass is 10.0. The summed E-state index contributed by atoms with van der Waals surface area (Å²) in [5.74, 6) is -1.58. The van der Waals surface area contributed by atoms with Gasteiger partial charge in [-0.2, -0.15) is 4.98 Å². The number of benzene rings is 1. The van der Waals surface area contributed by atoms with Gasteiger partial charge in [-0.3, -0.25) is 9.69 Å². The van der Waals surface area contributed by atoms with Crippen molar-refractivity contribution in [3.05, 3.63) is 47.5 Å². The summed E-state index contributed by atoms with van der Waals surface area (Å²) in [5, 5.41) is 22.1. The van der Waals surface area contributed by atoms with Gasteiger partial charge in [-0.25, -0.2) is 9.59 Å². The minimum absolute atomic E-state index is 0.106. The molecule has 3 aromatic rings. The van der Waals surface area contributed by atoms with Crippen LogP contribution < -0.4 is 10.1 Å². The minimum Gasteiger partial charge on any atom is -0.495 e. The second-order valence-corrected chi connectivity index (χ2v) is 7.26. The lowest BCUT2D eigenvalue weighted by molar-refractivity contribution is -0.159. The van der Waals surface area contributed by atoms with Crippen LogP contribution in [0.5, 0.6) is 5.75 Å². The molecule has 4 rings (SSSR count). The summed E-state index contributed by atoms with van der Waals surface area (Å²) in [4.78, 5) is 36.8. The summed E-state index contributed by atoms with van der Waals surface area (Å²) >= 11 is 5.98. The Bertz CT molecular complexity index is 1110. The first-order chi connectivity index (χ1) is 15.8. The molecule has 33 heavy (non-hydrogen) atoms. The smallest absolute Gasteiger partial charge is 0.414 e. The molecular weight excluding hydrogens is 460 g/mol. The van der Waals surface area contributed by atoms with Crippen LogP contribution in [0.25, 0.3) is 11.6 Å². The van der Waals surface area contributed by atoms with Crippen LogP contribution >= 0.6 is 11.6 Å². The maximum Gasteiger partial charge on any atom is 0.414 e. The highest BCUT2D eigenvalue weighted by molar-refractivity contribution is 6.31. The average Bonchev–Trinajstić information content (AvgIpc) is 3.43. The highest BCUT2D eigenvalue weighted by Crippen LogP contribution is 2.29. The molecule has 0 bridgehead atoms. The van der Waals surface area contributed by atoms with Crippen LogP contribution in [0, 0.1) is 0 Å². The molecule has 0 radical (unpaired) electrons. The number of rotatable bonds is 6. The average molecular weight is 479 g/mol. The van der Waals surface area contributed by atoms with Gasteiger partial charge in [0.25, 0.3) is 0 Å². The summed E-state index contributed by atoms with van der Waals surface area (Å²) in [7, 11) is 1.54. The fourth-order valence-electron chi connectivity index (χ4n) is 2.93. The van der Waals surface area contributed by atoms with Crippen LogP contribution in [0.2, 0.25) is 5.02 Å². The Kier molecular flexibility index (Phi) is 7.64. The van der Waals surface area contributed by atoms with Crippen molar-refractivity contribution in [2.24, 2.45) is 0 Å². The number of aromatic nitrogens is 2. The molecule has 0 atom stereocenters. The van der Waals surface area contributed by atoms with Crippen LogP contribution in [0.15, 0.2) is 45.5 Å². The predicted molar refractivity (Wildman–Crippen MR) is 113 cm³/mol. The molecule has 0 spiro atoms. The van der Waals surface area contributed by atoms with Gasteiger partial charge in [0.15, 0.2) is 5.76 Å². The van der Waals surface area contributed by atoms with Gasteiger partial charge in [-0.15, -0.1) is 0 Å². The van der Waals surface area contributed by atoms with Crippen molar-refractivity contribution in [2.45, 2.75) is 5.92 Å². The van der Waals surface area contributed by atoms with Crippen molar-refractivity contribution in [1.29, 1.82) is 0 Å². The first-order valence-electron chi connectivity index (χ1n) is 9.46. The summed E-state index contributed by atoms with van der Waals surface area (Å²) in [6.45, 7) is 1.59. The van der Waals surface area contributed by atoms with Gasteiger partial charge in [0, 0.05) is 18.1 Å².